The minimum absolute atomic E-state index is 0.314. The van der Waals surface area contributed by atoms with E-state index >= 15 is 0 Å². The number of hydrogen-bond donors (Lipinski definition) is 2. The fourth-order valence-corrected chi connectivity index (χ4v) is 3.42. The number of rotatable bonds is 8. The van der Waals surface area contributed by atoms with Crippen LogP contribution < -0.4 is 20.3 Å². The number of para-hydroxylation sites is 1. The molecule has 0 unspecified atom stereocenters. The van der Waals surface area contributed by atoms with Crippen molar-refractivity contribution in [1.82, 2.24) is 10.9 Å². The summed E-state index contributed by atoms with van der Waals surface area (Å²) in [5, 5.41) is 0. The van der Waals surface area contributed by atoms with Crippen molar-refractivity contribution in [3.63, 3.8) is 0 Å². The van der Waals surface area contributed by atoms with Gasteiger partial charge in [-0.3, -0.25) is 20.4 Å². The number of carbonyl (C=O) groups excluding carboxylic acids is 2. The summed E-state index contributed by atoms with van der Waals surface area (Å²) in [5.41, 5.74) is 8.30. The third-order valence-corrected chi connectivity index (χ3v) is 5.31. The second kappa shape index (κ2) is 11.5. The van der Waals surface area contributed by atoms with Crippen molar-refractivity contribution in [2.75, 3.05) is 0 Å². The Balaban J connectivity index is 1.30. The van der Waals surface area contributed by atoms with Crippen molar-refractivity contribution in [2.45, 2.75) is 19.6 Å². The molecule has 176 valence electrons. The first-order chi connectivity index (χ1) is 17.1. The van der Waals surface area contributed by atoms with Gasteiger partial charge in [-0.2, -0.15) is 0 Å². The van der Waals surface area contributed by atoms with Gasteiger partial charge in [-0.25, -0.2) is 0 Å². The monoisotopic (exact) mass is 466 g/mol. The van der Waals surface area contributed by atoms with Crippen LogP contribution in [0.3, 0.4) is 0 Å². The number of carbonyl (C=O) groups is 2. The molecule has 0 aliphatic heterocycles. The van der Waals surface area contributed by atoms with Gasteiger partial charge in [0.15, 0.2) is 6.10 Å². The molecule has 0 radical (unpaired) electrons. The summed E-state index contributed by atoms with van der Waals surface area (Å²) in [6.45, 7) is 1.94. The van der Waals surface area contributed by atoms with E-state index in [1.54, 1.807) is 31.2 Å². The Morgan fingerprint density at radius 2 is 1.31 bits per heavy atom. The molecule has 1 atom stereocenters. The molecule has 0 saturated heterocycles. The largest absolute Gasteiger partial charge is 0.488 e. The molecule has 6 nitrogen and oxygen atoms in total. The first kappa shape index (κ1) is 23.6. The van der Waals surface area contributed by atoms with Gasteiger partial charge in [0.25, 0.3) is 11.8 Å². The zero-order valence-electron chi connectivity index (χ0n) is 19.3. The Labute approximate surface area is 204 Å². The van der Waals surface area contributed by atoms with Gasteiger partial charge >= 0.3 is 0 Å². The molecule has 2 N–H and O–H groups in total. The van der Waals surface area contributed by atoms with Crippen molar-refractivity contribution < 1.29 is 19.1 Å². The SMILES string of the molecule is C[C@@H](Oc1ccc(-c2ccccc2)cc1)C(=O)NNC(=O)c1ccccc1OCc1ccccc1. The van der Waals surface area contributed by atoms with Gasteiger partial charge < -0.3 is 9.47 Å². The lowest BCUT2D eigenvalue weighted by Gasteiger charge is -2.16. The summed E-state index contributed by atoms with van der Waals surface area (Å²) in [4.78, 5) is 25.2. The number of amides is 2. The third-order valence-electron chi connectivity index (χ3n) is 5.31. The molecular formula is C29H26N2O4. The summed E-state index contributed by atoms with van der Waals surface area (Å²) < 4.78 is 11.5. The van der Waals surface area contributed by atoms with Gasteiger partial charge in [-0.1, -0.05) is 84.9 Å². The van der Waals surface area contributed by atoms with Crippen LogP contribution in [0.15, 0.2) is 109 Å². The fraction of sp³-hybridized carbons (Fsp3) is 0.103. The first-order valence-corrected chi connectivity index (χ1v) is 11.3. The predicted octanol–water partition coefficient (Wildman–Crippen LogP) is 5.16. The molecule has 0 heterocycles. The summed E-state index contributed by atoms with van der Waals surface area (Å²) in [6.07, 6.45) is -0.817. The van der Waals surface area contributed by atoms with Gasteiger partial charge in [0, 0.05) is 0 Å². The van der Waals surface area contributed by atoms with Crippen LogP contribution >= 0.6 is 0 Å². The van der Waals surface area contributed by atoms with Crippen molar-refractivity contribution in [2.24, 2.45) is 0 Å². The standard InChI is InChI=1S/C29H26N2O4/c1-21(35-25-18-16-24(17-19-25)23-12-6-3-7-13-23)28(32)30-31-29(33)26-14-8-9-15-27(26)34-20-22-10-4-2-5-11-22/h2-19,21H,20H2,1H3,(H,30,32)(H,31,33)/t21-/m1/s1. The number of nitrogens with one attached hydrogen (secondary N) is 2. The highest BCUT2D eigenvalue weighted by Crippen LogP contribution is 2.23. The quantitative estimate of drug-likeness (QED) is 0.352. The first-order valence-electron chi connectivity index (χ1n) is 11.3. The highest BCUT2D eigenvalue weighted by atomic mass is 16.5. The minimum atomic E-state index is -0.817. The van der Waals surface area contributed by atoms with Gasteiger partial charge in [-0.05, 0) is 47.9 Å². The minimum Gasteiger partial charge on any atom is -0.488 e. The maximum Gasteiger partial charge on any atom is 0.279 e. The van der Waals surface area contributed by atoms with Crippen molar-refractivity contribution in [1.29, 1.82) is 0 Å². The Kier molecular flexibility index (Phi) is 7.76. The molecule has 2 amide bonds. The average molecular weight is 467 g/mol. The van der Waals surface area contributed by atoms with Crippen LogP contribution in [0.2, 0.25) is 0 Å². The van der Waals surface area contributed by atoms with E-state index < -0.39 is 17.9 Å². The second-order valence-corrected chi connectivity index (χ2v) is 7.86. The predicted molar refractivity (Wildman–Crippen MR) is 135 cm³/mol. The molecule has 0 bridgehead atoms. The van der Waals surface area contributed by atoms with Crippen LogP contribution in [0.5, 0.6) is 11.5 Å². The molecule has 0 aliphatic carbocycles. The fourth-order valence-electron chi connectivity index (χ4n) is 3.42. The summed E-state index contributed by atoms with van der Waals surface area (Å²) >= 11 is 0. The Morgan fingerprint density at radius 3 is 2.03 bits per heavy atom. The molecule has 0 spiro atoms. The normalized spacial score (nSPS) is 11.2. The second-order valence-electron chi connectivity index (χ2n) is 7.86. The smallest absolute Gasteiger partial charge is 0.279 e. The van der Waals surface area contributed by atoms with Crippen molar-refractivity contribution >= 4 is 11.8 Å². The Hall–Kier alpha value is -4.58. The van der Waals surface area contributed by atoms with Crippen LogP contribution in [0, 0.1) is 0 Å². The van der Waals surface area contributed by atoms with Gasteiger partial charge in [0.2, 0.25) is 0 Å². The van der Waals surface area contributed by atoms with E-state index in [-0.39, 0.29) is 0 Å². The molecule has 4 aromatic rings. The lowest BCUT2D eigenvalue weighted by atomic mass is 10.1. The summed E-state index contributed by atoms with van der Waals surface area (Å²) in [7, 11) is 0. The summed E-state index contributed by atoms with van der Waals surface area (Å²) in [5.74, 6) is 0.0128. The van der Waals surface area contributed by atoms with Crippen LogP contribution in [0.4, 0.5) is 0 Å². The molecule has 6 heteroatoms. The highest BCUT2D eigenvalue weighted by molar-refractivity contribution is 5.98. The lowest BCUT2D eigenvalue weighted by Crippen LogP contribution is -2.47. The van der Waals surface area contributed by atoms with E-state index in [1.165, 1.54) is 0 Å². The number of hydrogen-bond acceptors (Lipinski definition) is 4. The zero-order valence-corrected chi connectivity index (χ0v) is 19.3. The number of ether oxygens (including phenoxy) is 2. The average Bonchev–Trinajstić information content (AvgIpc) is 2.92. The molecule has 4 rings (SSSR count). The van der Waals surface area contributed by atoms with E-state index in [0.717, 1.165) is 16.7 Å². The van der Waals surface area contributed by atoms with Gasteiger partial charge in [0.1, 0.15) is 18.1 Å². The number of hydrazine groups is 1. The molecule has 0 saturated carbocycles. The summed E-state index contributed by atoms with van der Waals surface area (Å²) in [6, 6.07) is 34.0. The molecule has 0 fully saturated rings. The van der Waals surface area contributed by atoms with E-state index in [4.69, 9.17) is 9.47 Å². The van der Waals surface area contributed by atoms with Crippen molar-refractivity contribution in [3.05, 3.63) is 120 Å². The van der Waals surface area contributed by atoms with Crippen LogP contribution in [-0.2, 0) is 11.4 Å². The maximum atomic E-state index is 12.7. The van der Waals surface area contributed by atoms with Gasteiger partial charge in [0.05, 0.1) is 5.56 Å². The van der Waals surface area contributed by atoms with Crippen LogP contribution in [0.1, 0.15) is 22.8 Å². The van der Waals surface area contributed by atoms with E-state index in [9.17, 15) is 9.59 Å². The molecule has 35 heavy (non-hydrogen) atoms. The Morgan fingerprint density at radius 1 is 0.714 bits per heavy atom. The van der Waals surface area contributed by atoms with Gasteiger partial charge in [-0.15, -0.1) is 0 Å². The van der Waals surface area contributed by atoms with E-state index in [1.807, 2.05) is 84.9 Å². The highest BCUT2D eigenvalue weighted by Gasteiger charge is 2.18. The molecule has 4 aromatic carbocycles. The van der Waals surface area contributed by atoms with E-state index in [0.29, 0.717) is 23.7 Å². The molecular weight excluding hydrogens is 440 g/mol. The topological polar surface area (TPSA) is 76.7 Å². The Bertz CT molecular complexity index is 1260. The maximum absolute atomic E-state index is 12.7. The van der Waals surface area contributed by atoms with E-state index in [2.05, 4.69) is 10.9 Å². The lowest BCUT2D eigenvalue weighted by molar-refractivity contribution is -0.128. The zero-order chi connectivity index (χ0) is 24.5. The number of benzene rings is 4. The van der Waals surface area contributed by atoms with Crippen LogP contribution in [0.25, 0.3) is 11.1 Å². The van der Waals surface area contributed by atoms with Crippen LogP contribution in [-0.4, -0.2) is 17.9 Å². The third kappa shape index (κ3) is 6.48. The molecule has 0 aromatic heterocycles. The van der Waals surface area contributed by atoms with Crippen molar-refractivity contribution in [3.8, 4) is 22.6 Å². The molecule has 0 aliphatic rings.